The number of hydrogen-bond acceptors (Lipinski definition) is 6. The second-order valence-electron chi connectivity index (χ2n) is 8.58. The fraction of sp³-hybridized carbons (Fsp3) is 0.826. The summed E-state index contributed by atoms with van der Waals surface area (Å²) in [4.78, 5) is 25.1. The molecule has 1 aliphatic rings. The van der Waals surface area contributed by atoms with Gasteiger partial charge in [-0.05, 0) is 25.7 Å². The largest absolute Gasteiger partial charge is 0.394 e. The van der Waals surface area contributed by atoms with Crippen LogP contribution in [-0.2, 0) is 9.59 Å². The Labute approximate surface area is 175 Å². The van der Waals surface area contributed by atoms with Crippen molar-refractivity contribution < 1.29 is 30.0 Å². The molecule has 0 heterocycles. The number of aliphatic hydroxyl groups excluding tert-OH is 3. The van der Waals surface area contributed by atoms with Crippen molar-refractivity contribution in [1.82, 2.24) is 0 Å². The zero-order valence-corrected chi connectivity index (χ0v) is 17.9. The van der Waals surface area contributed by atoms with Crippen molar-refractivity contribution in [3.63, 3.8) is 0 Å². The minimum Gasteiger partial charge on any atom is -0.394 e. The molecule has 4 N–H and O–H groups in total. The quantitative estimate of drug-likeness (QED) is 0.229. The summed E-state index contributed by atoms with van der Waals surface area (Å²) in [6.45, 7) is 5.50. The molecule has 0 aliphatic heterocycles. The molecule has 0 saturated heterocycles. The maximum absolute atomic E-state index is 12.8. The third kappa shape index (κ3) is 8.67. The Kier molecular flexibility index (Phi) is 11.9. The molecule has 6 nitrogen and oxygen atoms in total. The van der Waals surface area contributed by atoms with Crippen LogP contribution in [0, 0.1) is 11.8 Å². The van der Waals surface area contributed by atoms with Crippen LogP contribution in [-0.4, -0.2) is 56.4 Å². The first kappa shape index (κ1) is 26.0. The van der Waals surface area contributed by atoms with E-state index in [0.29, 0.717) is 19.3 Å². The minimum absolute atomic E-state index is 0.0331. The van der Waals surface area contributed by atoms with Gasteiger partial charge < -0.3 is 20.4 Å². The van der Waals surface area contributed by atoms with Gasteiger partial charge in [-0.1, -0.05) is 51.5 Å². The van der Waals surface area contributed by atoms with Crippen LogP contribution < -0.4 is 0 Å². The van der Waals surface area contributed by atoms with Gasteiger partial charge >= 0.3 is 0 Å². The topological polar surface area (TPSA) is 115 Å². The third-order valence-electron chi connectivity index (χ3n) is 6.20. The molecule has 0 radical (unpaired) electrons. The number of Topliss-reactive ketones (excluding diaryl/α,β-unsaturated/α-hetero) is 2. The van der Waals surface area contributed by atoms with Gasteiger partial charge in [0.25, 0.3) is 0 Å². The summed E-state index contributed by atoms with van der Waals surface area (Å²) in [6.07, 6.45) is 7.20. The molecule has 0 spiro atoms. The normalized spacial score (nSPS) is 25.0. The highest BCUT2D eigenvalue weighted by Gasteiger charge is 2.45. The van der Waals surface area contributed by atoms with Gasteiger partial charge in [-0.3, -0.25) is 9.59 Å². The molecule has 168 valence electrons. The van der Waals surface area contributed by atoms with Crippen LogP contribution in [0.2, 0.25) is 0 Å². The van der Waals surface area contributed by atoms with Crippen LogP contribution in [0.25, 0.3) is 0 Å². The molecule has 1 rings (SSSR count). The van der Waals surface area contributed by atoms with E-state index < -0.39 is 29.6 Å². The number of aliphatic hydroxyl groups is 4. The average molecular weight is 413 g/mol. The first-order chi connectivity index (χ1) is 13.8. The van der Waals surface area contributed by atoms with E-state index in [-0.39, 0.29) is 37.4 Å². The maximum atomic E-state index is 12.8. The van der Waals surface area contributed by atoms with Gasteiger partial charge in [0.15, 0.2) is 0 Å². The van der Waals surface area contributed by atoms with E-state index in [1.807, 2.05) is 6.92 Å². The minimum atomic E-state index is -1.08. The van der Waals surface area contributed by atoms with Crippen molar-refractivity contribution >= 4 is 11.6 Å². The van der Waals surface area contributed by atoms with E-state index in [0.717, 1.165) is 38.5 Å². The Balaban J connectivity index is 2.51. The summed E-state index contributed by atoms with van der Waals surface area (Å²) in [7, 11) is 0. The predicted octanol–water partition coefficient (Wildman–Crippen LogP) is 2.70. The van der Waals surface area contributed by atoms with E-state index in [1.54, 1.807) is 0 Å². The van der Waals surface area contributed by atoms with Gasteiger partial charge in [0, 0.05) is 18.8 Å². The van der Waals surface area contributed by atoms with Gasteiger partial charge in [0.1, 0.15) is 11.6 Å². The van der Waals surface area contributed by atoms with Crippen LogP contribution in [0.5, 0.6) is 0 Å². The van der Waals surface area contributed by atoms with Crippen LogP contribution in [0.4, 0.5) is 0 Å². The Morgan fingerprint density at radius 2 is 1.93 bits per heavy atom. The van der Waals surface area contributed by atoms with Crippen LogP contribution in [0.3, 0.4) is 0 Å². The van der Waals surface area contributed by atoms with E-state index in [9.17, 15) is 24.9 Å². The fourth-order valence-corrected chi connectivity index (χ4v) is 4.24. The summed E-state index contributed by atoms with van der Waals surface area (Å²) >= 11 is 0. The zero-order chi connectivity index (χ0) is 21.9. The molecule has 0 bridgehead atoms. The first-order valence-electron chi connectivity index (χ1n) is 11.2. The van der Waals surface area contributed by atoms with Gasteiger partial charge in [0.2, 0.25) is 0 Å². The lowest BCUT2D eigenvalue weighted by Crippen LogP contribution is -2.32. The number of ketones is 2. The van der Waals surface area contributed by atoms with Crippen molar-refractivity contribution in [3.05, 3.63) is 12.7 Å². The van der Waals surface area contributed by atoms with Crippen LogP contribution in [0.1, 0.15) is 84.0 Å². The molecule has 1 aliphatic carbocycles. The number of carbonyl (C=O) groups is 2. The van der Waals surface area contributed by atoms with Gasteiger partial charge in [-0.25, -0.2) is 0 Å². The summed E-state index contributed by atoms with van der Waals surface area (Å²) in [6, 6.07) is 0. The lowest BCUT2D eigenvalue weighted by Gasteiger charge is -2.26. The Bertz CT molecular complexity index is 519. The monoisotopic (exact) mass is 412 g/mol. The molecule has 1 saturated carbocycles. The highest BCUT2D eigenvalue weighted by Crippen LogP contribution is 2.36. The molecule has 0 aromatic heterocycles. The molecular formula is C23H40O6. The van der Waals surface area contributed by atoms with Crippen LogP contribution in [0.15, 0.2) is 12.7 Å². The molecule has 2 unspecified atom stereocenters. The van der Waals surface area contributed by atoms with E-state index >= 15 is 0 Å². The van der Waals surface area contributed by atoms with Crippen molar-refractivity contribution in [2.24, 2.45) is 11.8 Å². The standard InChI is InChI=1S/C23H40O6/c1-3-5-13-23(29,4-2)14-12-19(26)22-18(20(27)15-21(22)28)11-9-7-6-8-10-17(25)16-24/h4,17-18,21-22,24-25,28-29H,2-3,5-16H2,1H3/t17?,18-,21+,22-,23?/m0/s1. The smallest absolute Gasteiger partial charge is 0.139 e. The predicted molar refractivity (Wildman–Crippen MR) is 112 cm³/mol. The summed E-state index contributed by atoms with van der Waals surface area (Å²) in [5.41, 5.74) is -1.08. The molecule has 0 aromatic rings. The molecule has 6 heteroatoms. The van der Waals surface area contributed by atoms with Gasteiger partial charge in [-0.15, -0.1) is 6.58 Å². The van der Waals surface area contributed by atoms with Crippen molar-refractivity contribution in [2.75, 3.05) is 6.61 Å². The summed E-state index contributed by atoms with van der Waals surface area (Å²) < 4.78 is 0. The number of hydrogen-bond donors (Lipinski definition) is 4. The van der Waals surface area contributed by atoms with Crippen LogP contribution >= 0.6 is 0 Å². The van der Waals surface area contributed by atoms with Gasteiger partial charge in [0.05, 0.1) is 30.3 Å². The number of rotatable bonds is 16. The molecular weight excluding hydrogens is 372 g/mol. The molecule has 0 amide bonds. The second kappa shape index (κ2) is 13.3. The SMILES string of the molecule is C=CC(O)(CCCC)CCC(=O)[C@H]1[C@H](O)CC(=O)[C@@H]1CCCCCCC(O)CO. The summed E-state index contributed by atoms with van der Waals surface area (Å²) in [5, 5.41) is 39.0. The lowest BCUT2D eigenvalue weighted by atomic mass is 9.82. The summed E-state index contributed by atoms with van der Waals surface area (Å²) in [5.74, 6) is -1.29. The van der Waals surface area contributed by atoms with E-state index in [4.69, 9.17) is 5.11 Å². The molecule has 29 heavy (non-hydrogen) atoms. The highest BCUT2D eigenvalue weighted by molar-refractivity contribution is 5.94. The molecule has 1 fully saturated rings. The number of carbonyl (C=O) groups excluding carboxylic acids is 2. The zero-order valence-electron chi connectivity index (χ0n) is 17.9. The van der Waals surface area contributed by atoms with Crippen molar-refractivity contribution in [2.45, 2.75) is 102 Å². The molecule has 0 aromatic carbocycles. The van der Waals surface area contributed by atoms with Gasteiger partial charge in [-0.2, -0.15) is 0 Å². The Morgan fingerprint density at radius 3 is 2.55 bits per heavy atom. The number of unbranched alkanes of at least 4 members (excludes halogenated alkanes) is 4. The molecule has 5 atom stereocenters. The maximum Gasteiger partial charge on any atom is 0.139 e. The third-order valence-corrected chi connectivity index (χ3v) is 6.20. The van der Waals surface area contributed by atoms with Crippen molar-refractivity contribution in [1.29, 1.82) is 0 Å². The average Bonchev–Trinajstić information content (AvgIpc) is 2.99. The Hall–Kier alpha value is -1.08. The highest BCUT2D eigenvalue weighted by atomic mass is 16.3. The van der Waals surface area contributed by atoms with Crippen molar-refractivity contribution in [3.8, 4) is 0 Å². The Morgan fingerprint density at radius 1 is 1.24 bits per heavy atom. The van der Waals surface area contributed by atoms with E-state index in [1.165, 1.54) is 6.08 Å². The lowest BCUT2D eigenvalue weighted by molar-refractivity contribution is -0.130. The van der Waals surface area contributed by atoms with E-state index in [2.05, 4.69) is 6.58 Å². The fourth-order valence-electron chi connectivity index (χ4n) is 4.24. The first-order valence-corrected chi connectivity index (χ1v) is 11.2. The second-order valence-corrected chi connectivity index (χ2v) is 8.58.